The number of allylic oxidation sites excluding steroid dienone is 2. The molecule has 2 aromatic rings. The molecule has 1 saturated heterocycles. The first kappa shape index (κ1) is 20.5. The molecule has 2 aromatic carbocycles. The number of hydrogen-bond donors (Lipinski definition) is 2. The number of likely N-dealkylation sites (tertiary alicyclic amines) is 1. The van der Waals surface area contributed by atoms with Crippen LogP contribution in [0.2, 0.25) is 5.02 Å². The Hall–Kier alpha value is -3.12. The minimum atomic E-state index is -1.02. The quantitative estimate of drug-likeness (QED) is 0.403. The third kappa shape index (κ3) is 3.19. The van der Waals surface area contributed by atoms with Crippen LogP contribution in [-0.2, 0) is 20.8 Å². The molecule has 7 atom stereocenters. The van der Waals surface area contributed by atoms with Crippen molar-refractivity contribution in [2.75, 3.05) is 5.32 Å². The van der Waals surface area contributed by atoms with Gasteiger partial charge in [0, 0.05) is 11.4 Å². The van der Waals surface area contributed by atoms with E-state index in [9.17, 15) is 19.5 Å². The number of phenols is 1. The Balaban J connectivity index is 1.34. The average molecular weight is 463 g/mol. The first-order chi connectivity index (χ1) is 15.9. The van der Waals surface area contributed by atoms with Crippen LogP contribution in [0.25, 0.3) is 0 Å². The minimum absolute atomic E-state index is 0.0869. The van der Waals surface area contributed by atoms with Crippen molar-refractivity contribution in [3.63, 3.8) is 0 Å². The number of rotatable bonds is 5. The van der Waals surface area contributed by atoms with Gasteiger partial charge in [-0.05, 0) is 53.9 Å². The fourth-order valence-corrected chi connectivity index (χ4v) is 6.42. The summed E-state index contributed by atoms with van der Waals surface area (Å²) in [6.07, 6.45) is 5.51. The maximum atomic E-state index is 13.6. The highest BCUT2D eigenvalue weighted by Gasteiger charge is 2.67. The fourth-order valence-electron chi connectivity index (χ4n) is 6.25. The molecule has 2 saturated carbocycles. The molecule has 2 N–H and O–H groups in total. The molecule has 0 aromatic heterocycles. The predicted molar refractivity (Wildman–Crippen MR) is 122 cm³/mol. The molecule has 6 nitrogen and oxygen atoms in total. The summed E-state index contributed by atoms with van der Waals surface area (Å²) in [5.74, 6) is -0.757. The normalized spacial score (nSPS) is 31.8. The topological polar surface area (TPSA) is 86.7 Å². The molecule has 1 heterocycles. The zero-order valence-electron chi connectivity index (χ0n) is 17.7. The predicted octanol–water partition coefficient (Wildman–Crippen LogP) is 3.65. The van der Waals surface area contributed by atoms with Gasteiger partial charge in [0.05, 0.1) is 17.5 Å². The number of aromatic hydroxyl groups is 1. The largest absolute Gasteiger partial charge is 0.506 e. The SMILES string of the molecule is O=C(Nc1cc(Cl)ccc1O)[C@H](Cc1ccccc1)N1C(=O)[C@@H]2[C@@H]3C=C[C@H]([C@H]4C[C@H]34)[C@@H]2C1=O. The molecule has 2 bridgehead atoms. The maximum absolute atomic E-state index is 13.6. The zero-order chi connectivity index (χ0) is 22.9. The van der Waals surface area contributed by atoms with Crippen LogP contribution >= 0.6 is 11.6 Å². The van der Waals surface area contributed by atoms with Crippen molar-refractivity contribution in [2.45, 2.75) is 18.9 Å². The molecular formula is C26H23ClN2O4. The molecule has 7 rings (SSSR count). The highest BCUT2D eigenvalue weighted by atomic mass is 35.5. The van der Waals surface area contributed by atoms with E-state index in [1.165, 1.54) is 23.1 Å². The van der Waals surface area contributed by atoms with Crippen LogP contribution in [0.5, 0.6) is 5.75 Å². The molecule has 7 heteroatoms. The lowest BCUT2D eigenvalue weighted by Gasteiger charge is -2.37. The lowest BCUT2D eigenvalue weighted by Crippen LogP contribution is -2.49. The molecule has 3 amide bonds. The average Bonchev–Trinajstić information content (AvgIpc) is 3.59. The second-order valence-corrected chi connectivity index (χ2v) is 9.99. The van der Waals surface area contributed by atoms with Crippen LogP contribution in [0, 0.1) is 35.5 Å². The number of carbonyl (C=O) groups is 3. The van der Waals surface area contributed by atoms with Crippen LogP contribution in [0.15, 0.2) is 60.7 Å². The van der Waals surface area contributed by atoms with Crippen LogP contribution in [0.3, 0.4) is 0 Å². The molecule has 168 valence electrons. The number of phenolic OH excluding ortho intramolecular Hbond substituents is 1. The summed E-state index contributed by atoms with van der Waals surface area (Å²) < 4.78 is 0. The number of amides is 3. The monoisotopic (exact) mass is 462 g/mol. The Morgan fingerprint density at radius 3 is 2.30 bits per heavy atom. The Morgan fingerprint density at radius 2 is 1.67 bits per heavy atom. The van der Waals surface area contributed by atoms with Gasteiger partial charge in [-0.3, -0.25) is 19.3 Å². The van der Waals surface area contributed by atoms with E-state index in [1.54, 1.807) is 0 Å². The van der Waals surface area contributed by atoms with Crippen molar-refractivity contribution in [3.05, 3.63) is 71.3 Å². The smallest absolute Gasteiger partial charge is 0.248 e. The third-order valence-corrected chi connectivity index (χ3v) is 8.03. The van der Waals surface area contributed by atoms with Crippen molar-refractivity contribution in [1.82, 2.24) is 4.90 Å². The van der Waals surface area contributed by atoms with E-state index >= 15 is 0 Å². The summed E-state index contributed by atoms with van der Waals surface area (Å²) in [7, 11) is 0. The molecule has 4 aliphatic carbocycles. The van der Waals surface area contributed by atoms with E-state index in [1.807, 2.05) is 30.3 Å². The van der Waals surface area contributed by atoms with Gasteiger partial charge in [-0.2, -0.15) is 0 Å². The Kier molecular flexibility index (Phi) is 4.63. The first-order valence-electron chi connectivity index (χ1n) is 11.3. The molecule has 0 spiro atoms. The lowest BCUT2D eigenvalue weighted by molar-refractivity contribution is -0.146. The molecule has 33 heavy (non-hydrogen) atoms. The number of nitrogens with zero attached hydrogens (tertiary/aromatic N) is 1. The van der Waals surface area contributed by atoms with Gasteiger partial charge in [0.25, 0.3) is 0 Å². The third-order valence-electron chi connectivity index (χ3n) is 7.80. The Morgan fingerprint density at radius 1 is 1.03 bits per heavy atom. The van der Waals surface area contributed by atoms with E-state index in [0.29, 0.717) is 16.9 Å². The van der Waals surface area contributed by atoms with Gasteiger partial charge in [0.15, 0.2) is 0 Å². The summed E-state index contributed by atoms with van der Waals surface area (Å²) in [5.41, 5.74) is 0.984. The van der Waals surface area contributed by atoms with Crippen LogP contribution in [0.1, 0.15) is 12.0 Å². The fraction of sp³-hybridized carbons (Fsp3) is 0.346. The zero-order valence-corrected chi connectivity index (χ0v) is 18.5. The van der Waals surface area contributed by atoms with Crippen LogP contribution in [-0.4, -0.2) is 33.8 Å². The van der Waals surface area contributed by atoms with Gasteiger partial charge in [-0.25, -0.2) is 0 Å². The summed E-state index contributed by atoms with van der Waals surface area (Å²) >= 11 is 6.03. The van der Waals surface area contributed by atoms with Crippen molar-refractivity contribution in [2.24, 2.45) is 35.5 Å². The van der Waals surface area contributed by atoms with E-state index < -0.39 is 11.9 Å². The van der Waals surface area contributed by atoms with Crippen molar-refractivity contribution in [3.8, 4) is 5.75 Å². The van der Waals surface area contributed by atoms with Crippen molar-refractivity contribution < 1.29 is 19.5 Å². The number of carbonyl (C=O) groups excluding carboxylic acids is 3. The van der Waals surface area contributed by atoms with Gasteiger partial charge in [-0.15, -0.1) is 0 Å². The molecule has 0 unspecified atom stereocenters. The highest BCUT2D eigenvalue weighted by molar-refractivity contribution is 6.31. The Bertz CT molecular complexity index is 1160. The second-order valence-electron chi connectivity index (χ2n) is 9.56. The summed E-state index contributed by atoms with van der Waals surface area (Å²) in [6, 6.07) is 12.7. The summed E-state index contributed by atoms with van der Waals surface area (Å²) in [5, 5.41) is 13.2. The van der Waals surface area contributed by atoms with Gasteiger partial charge in [0.2, 0.25) is 17.7 Å². The van der Waals surface area contributed by atoms with Crippen LogP contribution < -0.4 is 5.32 Å². The number of imide groups is 1. The van der Waals surface area contributed by atoms with Crippen molar-refractivity contribution >= 4 is 35.0 Å². The summed E-state index contributed by atoms with van der Waals surface area (Å²) in [4.78, 5) is 42.0. The summed E-state index contributed by atoms with van der Waals surface area (Å²) in [6.45, 7) is 0. The van der Waals surface area contributed by atoms with Gasteiger partial charge in [-0.1, -0.05) is 54.1 Å². The van der Waals surface area contributed by atoms with Gasteiger partial charge in [0.1, 0.15) is 11.8 Å². The van der Waals surface area contributed by atoms with Crippen LogP contribution in [0.4, 0.5) is 5.69 Å². The van der Waals surface area contributed by atoms with E-state index in [-0.39, 0.29) is 53.3 Å². The number of hydrogen-bond acceptors (Lipinski definition) is 4. The van der Waals surface area contributed by atoms with E-state index in [2.05, 4.69) is 17.5 Å². The Labute approximate surface area is 196 Å². The highest BCUT2D eigenvalue weighted by Crippen LogP contribution is 2.65. The first-order valence-corrected chi connectivity index (χ1v) is 11.7. The number of halogens is 1. The standard InChI is InChI=1S/C26H23ClN2O4/c27-14-6-9-21(30)19(11-14)28-24(31)20(10-13-4-2-1-3-5-13)29-25(32)22-15-7-8-16(18-12-17(15)18)23(22)26(29)33/h1-9,11,15-18,20,22-23,30H,10,12H2,(H,28,31)/t15-,16-,17-,18-,20+,22-,23+/m1/s1. The lowest BCUT2D eigenvalue weighted by atomic mass is 9.63. The molecule has 5 aliphatic rings. The van der Waals surface area contributed by atoms with Gasteiger partial charge >= 0.3 is 0 Å². The van der Waals surface area contributed by atoms with E-state index in [0.717, 1.165) is 12.0 Å². The number of anilines is 1. The molecular weight excluding hydrogens is 440 g/mol. The van der Waals surface area contributed by atoms with Gasteiger partial charge < -0.3 is 10.4 Å². The second kappa shape index (κ2) is 7.45. The molecule has 1 aliphatic heterocycles. The number of benzene rings is 2. The van der Waals surface area contributed by atoms with E-state index in [4.69, 9.17) is 11.6 Å². The molecule has 3 fully saturated rings. The number of nitrogens with one attached hydrogen (secondary N) is 1. The minimum Gasteiger partial charge on any atom is -0.506 e. The molecule has 0 radical (unpaired) electrons. The van der Waals surface area contributed by atoms with Crippen molar-refractivity contribution in [1.29, 1.82) is 0 Å². The maximum Gasteiger partial charge on any atom is 0.248 e.